The second-order valence-electron chi connectivity index (χ2n) is 6.40. The molecule has 0 saturated carbocycles. The lowest BCUT2D eigenvalue weighted by atomic mass is 10.0. The van der Waals surface area contributed by atoms with Crippen LogP contribution in [-0.4, -0.2) is 33.7 Å². The summed E-state index contributed by atoms with van der Waals surface area (Å²) in [7, 11) is 0. The Morgan fingerprint density at radius 2 is 2.00 bits per heavy atom. The number of nitrogens with zero attached hydrogens (tertiary/aromatic N) is 2. The molecule has 1 aliphatic rings. The molecule has 0 radical (unpaired) electrons. The summed E-state index contributed by atoms with van der Waals surface area (Å²) < 4.78 is 1.93. The Bertz CT molecular complexity index is 732. The molecule has 1 aromatic carbocycles. The van der Waals surface area contributed by atoms with Gasteiger partial charge >= 0.3 is 0 Å². The quantitative estimate of drug-likeness (QED) is 0.809. The second-order valence-corrected chi connectivity index (χ2v) is 6.40. The average Bonchev–Trinajstić information content (AvgIpc) is 2.93. The van der Waals surface area contributed by atoms with E-state index >= 15 is 0 Å². The topological polar surface area (TPSA) is 42.3 Å². The van der Waals surface area contributed by atoms with E-state index in [9.17, 15) is 9.59 Å². The fourth-order valence-electron chi connectivity index (χ4n) is 3.50. The highest BCUT2D eigenvalue weighted by Crippen LogP contribution is 2.24. The number of carbonyl (C=O) groups excluding carboxylic acids is 2. The molecule has 4 heteroatoms. The van der Waals surface area contributed by atoms with Gasteiger partial charge in [0.1, 0.15) is 6.54 Å². The molecule has 1 atom stereocenters. The summed E-state index contributed by atoms with van der Waals surface area (Å²) in [6, 6.07) is 8.15. The minimum atomic E-state index is 0.124. The fraction of sp³-hybridized carbons (Fsp3) is 0.474. The van der Waals surface area contributed by atoms with Crippen LogP contribution in [0, 0.1) is 0 Å². The number of Topliss-reactive ketones (excluding diaryl/α,β-unsaturated/α-hetero) is 1. The maximum Gasteiger partial charge on any atom is 0.242 e. The van der Waals surface area contributed by atoms with Crippen LogP contribution in [0.3, 0.4) is 0 Å². The van der Waals surface area contributed by atoms with Crippen molar-refractivity contribution in [2.45, 2.75) is 52.1 Å². The molecule has 2 aromatic rings. The molecule has 23 heavy (non-hydrogen) atoms. The number of hydrogen-bond donors (Lipinski definition) is 0. The molecular weight excluding hydrogens is 288 g/mol. The Labute approximate surface area is 137 Å². The van der Waals surface area contributed by atoms with Gasteiger partial charge in [-0.05, 0) is 32.3 Å². The number of hydrogen-bond acceptors (Lipinski definition) is 2. The summed E-state index contributed by atoms with van der Waals surface area (Å²) in [5.74, 6) is 0.271. The van der Waals surface area contributed by atoms with Crippen LogP contribution in [0.2, 0.25) is 0 Å². The van der Waals surface area contributed by atoms with Gasteiger partial charge in [-0.2, -0.15) is 0 Å². The van der Waals surface area contributed by atoms with E-state index in [2.05, 4.69) is 6.92 Å². The van der Waals surface area contributed by atoms with Gasteiger partial charge in [-0.3, -0.25) is 9.59 Å². The van der Waals surface area contributed by atoms with Gasteiger partial charge in [0.2, 0.25) is 5.91 Å². The van der Waals surface area contributed by atoms with E-state index in [1.807, 2.05) is 46.9 Å². The number of rotatable bonds is 4. The second kappa shape index (κ2) is 6.57. The highest BCUT2D eigenvalue weighted by molar-refractivity contribution is 6.08. The van der Waals surface area contributed by atoms with Gasteiger partial charge in [0.05, 0.1) is 0 Å². The van der Waals surface area contributed by atoms with Gasteiger partial charge in [-0.25, -0.2) is 0 Å². The first-order valence-corrected chi connectivity index (χ1v) is 8.52. The predicted molar refractivity (Wildman–Crippen MR) is 91.6 cm³/mol. The van der Waals surface area contributed by atoms with Gasteiger partial charge in [0.25, 0.3) is 0 Å². The van der Waals surface area contributed by atoms with E-state index in [-0.39, 0.29) is 11.7 Å². The van der Waals surface area contributed by atoms with Crippen LogP contribution in [0.15, 0.2) is 30.5 Å². The van der Waals surface area contributed by atoms with Crippen molar-refractivity contribution in [3.05, 3.63) is 36.0 Å². The monoisotopic (exact) mass is 312 g/mol. The summed E-state index contributed by atoms with van der Waals surface area (Å²) in [6.07, 6.45) is 5.69. The predicted octanol–water partition coefficient (Wildman–Crippen LogP) is 3.64. The molecule has 1 saturated heterocycles. The number of para-hydroxylation sites is 1. The minimum Gasteiger partial charge on any atom is -0.338 e. The van der Waals surface area contributed by atoms with Gasteiger partial charge in [-0.1, -0.05) is 25.1 Å². The molecular formula is C19H24N2O2. The number of fused-ring (bicyclic) bond motifs is 1. The van der Waals surface area contributed by atoms with Crippen molar-refractivity contribution in [1.29, 1.82) is 0 Å². The van der Waals surface area contributed by atoms with Crippen molar-refractivity contribution in [3.63, 3.8) is 0 Å². The van der Waals surface area contributed by atoms with Gasteiger partial charge in [0, 0.05) is 41.7 Å². The minimum absolute atomic E-state index is 0.124. The third-order valence-electron chi connectivity index (χ3n) is 4.84. The van der Waals surface area contributed by atoms with Gasteiger partial charge in [0.15, 0.2) is 5.78 Å². The summed E-state index contributed by atoms with van der Waals surface area (Å²) in [4.78, 5) is 26.8. The van der Waals surface area contributed by atoms with Crippen LogP contribution in [0.4, 0.5) is 0 Å². The summed E-state index contributed by atoms with van der Waals surface area (Å²) in [5, 5.41) is 0.943. The lowest BCUT2D eigenvalue weighted by Gasteiger charge is -2.33. The van der Waals surface area contributed by atoms with E-state index in [1.165, 1.54) is 6.42 Å². The van der Waals surface area contributed by atoms with Crippen LogP contribution in [0.25, 0.3) is 10.9 Å². The van der Waals surface area contributed by atoms with Crippen molar-refractivity contribution >= 4 is 22.6 Å². The van der Waals surface area contributed by atoms with E-state index in [0.29, 0.717) is 19.0 Å². The van der Waals surface area contributed by atoms with E-state index in [1.54, 1.807) is 0 Å². The average molecular weight is 312 g/mol. The molecule has 0 bridgehead atoms. The zero-order valence-electron chi connectivity index (χ0n) is 13.9. The summed E-state index contributed by atoms with van der Waals surface area (Å²) >= 11 is 0. The molecule has 2 heterocycles. The maximum atomic E-state index is 12.7. The summed E-state index contributed by atoms with van der Waals surface area (Å²) in [6.45, 7) is 5.15. The van der Waals surface area contributed by atoms with Crippen molar-refractivity contribution in [2.24, 2.45) is 0 Å². The zero-order chi connectivity index (χ0) is 16.4. The largest absolute Gasteiger partial charge is 0.338 e. The Hall–Kier alpha value is -2.10. The maximum absolute atomic E-state index is 12.7. The van der Waals surface area contributed by atoms with Gasteiger partial charge < -0.3 is 9.47 Å². The number of carbonyl (C=O) groups is 2. The number of benzene rings is 1. The Balaban J connectivity index is 1.91. The van der Waals surface area contributed by atoms with Crippen LogP contribution in [-0.2, 0) is 11.3 Å². The molecule has 0 spiro atoms. The van der Waals surface area contributed by atoms with Crippen molar-refractivity contribution < 1.29 is 9.59 Å². The first-order valence-electron chi connectivity index (χ1n) is 8.52. The number of aromatic nitrogens is 1. The third-order valence-corrected chi connectivity index (χ3v) is 4.84. The number of ketones is 1. The molecule has 122 valence electrons. The highest BCUT2D eigenvalue weighted by atomic mass is 16.2. The van der Waals surface area contributed by atoms with E-state index in [4.69, 9.17) is 0 Å². The smallest absolute Gasteiger partial charge is 0.242 e. The first-order chi connectivity index (χ1) is 11.1. The first kappa shape index (κ1) is 15.8. The SMILES string of the molecule is CCC(=O)c1cn(CC(=O)N2CCCCC2C)c2ccccc12. The van der Waals surface area contributed by atoms with Crippen molar-refractivity contribution in [3.8, 4) is 0 Å². The van der Waals surface area contributed by atoms with Crippen LogP contribution in [0.1, 0.15) is 49.9 Å². The number of amides is 1. The number of likely N-dealkylation sites (tertiary alicyclic amines) is 1. The third kappa shape index (κ3) is 3.03. The van der Waals surface area contributed by atoms with E-state index < -0.39 is 0 Å². The molecule has 0 aliphatic carbocycles. The normalized spacial score (nSPS) is 18.3. The molecule has 0 N–H and O–H groups in total. The standard InChI is InChI=1S/C19H24N2O2/c1-3-18(22)16-12-20(17-10-5-4-9-15(16)17)13-19(23)21-11-7-6-8-14(21)2/h4-5,9-10,12,14H,3,6-8,11,13H2,1-2H3. The highest BCUT2D eigenvalue weighted by Gasteiger charge is 2.24. The Morgan fingerprint density at radius 3 is 2.74 bits per heavy atom. The molecule has 1 unspecified atom stereocenters. The number of piperidine rings is 1. The van der Waals surface area contributed by atoms with Crippen LogP contribution >= 0.6 is 0 Å². The zero-order valence-corrected chi connectivity index (χ0v) is 13.9. The molecule has 4 nitrogen and oxygen atoms in total. The Kier molecular flexibility index (Phi) is 4.51. The Morgan fingerprint density at radius 1 is 1.22 bits per heavy atom. The molecule has 1 aromatic heterocycles. The molecule has 3 rings (SSSR count). The van der Waals surface area contributed by atoms with Crippen LogP contribution in [0.5, 0.6) is 0 Å². The molecule has 1 amide bonds. The van der Waals surface area contributed by atoms with Gasteiger partial charge in [-0.15, -0.1) is 0 Å². The summed E-state index contributed by atoms with van der Waals surface area (Å²) in [5.41, 5.74) is 1.69. The fourth-order valence-corrected chi connectivity index (χ4v) is 3.50. The lowest BCUT2D eigenvalue weighted by Crippen LogP contribution is -2.43. The molecule has 1 fully saturated rings. The van der Waals surface area contributed by atoms with Crippen molar-refractivity contribution in [1.82, 2.24) is 9.47 Å². The molecule has 1 aliphatic heterocycles. The van der Waals surface area contributed by atoms with Crippen LogP contribution < -0.4 is 0 Å². The van der Waals surface area contributed by atoms with Crippen molar-refractivity contribution in [2.75, 3.05) is 6.54 Å². The van der Waals surface area contributed by atoms with E-state index in [0.717, 1.165) is 35.9 Å². The lowest BCUT2D eigenvalue weighted by molar-refractivity contribution is -0.135.